The lowest BCUT2D eigenvalue weighted by atomic mass is 10.2. The first kappa shape index (κ1) is 12.9. The predicted molar refractivity (Wildman–Crippen MR) is 72.7 cm³/mol. The Morgan fingerprint density at radius 3 is 2.94 bits per heavy atom. The summed E-state index contributed by atoms with van der Waals surface area (Å²) in [5.41, 5.74) is 0.489. The van der Waals surface area contributed by atoms with Gasteiger partial charge in [0.25, 0.3) is 5.91 Å². The van der Waals surface area contributed by atoms with E-state index < -0.39 is 0 Å². The molecule has 1 saturated carbocycles. The molecule has 1 aliphatic rings. The molecule has 1 aromatic rings. The van der Waals surface area contributed by atoms with Crippen LogP contribution in [0, 0.1) is 5.92 Å². The normalized spacial score (nSPS) is 16.1. The first-order valence-corrected chi connectivity index (χ1v) is 6.72. The van der Waals surface area contributed by atoms with Crippen LogP contribution < -0.4 is 10.6 Å². The van der Waals surface area contributed by atoms with Gasteiger partial charge in [0.2, 0.25) is 0 Å². The number of carbonyl (C=O) groups excluding carboxylic acids is 1. The molecule has 1 atom stereocenters. The van der Waals surface area contributed by atoms with E-state index >= 15 is 0 Å². The summed E-state index contributed by atoms with van der Waals surface area (Å²) < 4.78 is 0. The minimum absolute atomic E-state index is 0.0745. The Hall–Kier alpha value is -1.58. The molecule has 4 nitrogen and oxygen atoms in total. The molecule has 0 saturated heterocycles. The molecule has 1 amide bonds. The quantitative estimate of drug-likeness (QED) is 0.811. The molecule has 0 aromatic carbocycles. The first-order chi connectivity index (χ1) is 8.70. The van der Waals surface area contributed by atoms with Gasteiger partial charge in [0, 0.05) is 12.6 Å². The maximum atomic E-state index is 12.0. The molecule has 1 aromatic heterocycles. The third kappa shape index (κ3) is 3.45. The van der Waals surface area contributed by atoms with Gasteiger partial charge in [0.15, 0.2) is 0 Å². The van der Waals surface area contributed by atoms with Crippen LogP contribution in [0.5, 0.6) is 0 Å². The Morgan fingerprint density at radius 1 is 1.50 bits per heavy atom. The molecule has 1 unspecified atom stereocenters. The van der Waals surface area contributed by atoms with Crippen LogP contribution in [0.25, 0.3) is 0 Å². The van der Waals surface area contributed by atoms with Gasteiger partial charge >= 0.3 is 0 Å². The zero-order valence-corrected chi connectivity index (χ0v) is 11.1. The average molecular weight is 247 g/mol. The van der Waals surface area contributed by atoms with E-state index in [0.717, 1.165) is 18.8 Å². The van der Waals surface area contributed by atoms with E-state index in [1.165, 1.54) is 12.8 Å². The summed E-state index contributed by atoms with van der Waals surface area (Å²) >= 11 is 0. The molecule has 0 spiro atoms. The molecule has 98 valence electrons. The number of hydrogen-bond donors (Lipinski definition) is 2. The van der Waals surface area contributed by atoms with Crippen LogP contribution in [0.1, 0.15) is 43.6 Å². The second kappa shape index (κ2) is 5.85. The molecule has 0 radical (unpaired) electrons. The lowest BCUT2D eigenvalue weighted by Crippen LogP contribution is -2.34. The zero-order valence-electron chi connectivity index (χ0n) is 11.1. The minimum Gasteiger partial charge on any atom is -0.370 e. The van der Waals surface area contributed by atoms with Gasteiger partial charge in [-0.15, -0.1) is 0 Å². The van der Waals surface area contributed by atoms with Crippen molar-refractivity contribution in [1.29, 1.82) is 0 Å². The minimum atomic E-state index is -0.0745. The third-order valence-corrected chi connectivity index (χ3v) is 3.23. The highest BCUT2D eigenvalue weighted by Crippen LogP contribution is 2.32. The molecule has 0 aliphatic heterocycles. The van der Waals surface area contributed by atoms with Crippen molar-refractivity contribution in [2.75, 3.05) is 11.9 Å². The summed E-state index contributed by atoms with van der Waals surface area (Å²) in [6.45, 7) is 5.03. The topological polar surface area (TPSA) is 54.0 Å². The molecule has 2 rings (SSSR count). The van der Waals surface area contributed by atoms with Crippen LogP contribution in [-0.4, -0.2) is 23.5 Å². The number of rotatable bonds is 6. The Kier molecular flexibility index (Phi) is 4.18. The zero-order chi connectivity index (χ0) is 13.0. The average Bonchev–Trinajstić information content (AvgIpc) is 3.21. The number of anilines is 1. The summed E-state index contributed by atoms with van der Waals surface area (Å²) in [6.07, 6.45) is 3.50. The van der Waals surface area contributed by atoms with E-state index in [1.807, 2.05) is 12.1 Å². The number of amides is 1. The van der Waals surface area contributed by atoms with Crippen molar-refractivity contribution in [3.8, 4) is 0 Å². The fourth-order valence-electron chi connectivity index (χ4n) is 1.91. The van der Waals surface area contributed by atoms with Crippen LogP contribution in [0.3, 0.4) is 0 Å². The number of aromatic nitrogens is 1. The second-order valence-corrected chi connectivity index (χ2v) is 4.93. The summed E-state index contributed by atoms with van der Waals surface area (Å²) in [5, 5.41) is 6.20. The molecule has 0 bridgehead atoms. The number of carbonyl (C=O) groups is 1. The van der Waals surface area contributed by atoms with Crippen LogP contribution in [0.15, 0.2) is 18.2 Å². The van der Waals surface area contributed by atoms with Crippen molar-refractivity contribution >= 4 is 11.7 Å². The van der Waals surface area contributed by atoms with Crippen LogP contribution in [0.2, 0.25) is 0 Å². The number of nitrogens with zero attached hydrogens (tertiary/aromatic N) is 1. The van der Waals surface area contributed by atoms with Crippen LogP contribution in [0.4, 0.5) is 5.82 Å². The van der Waals surface area contributed by atoms with E-state index in [9.17, 15) is 4.79 Å². The smallest absolute Gasteiger partial charge is 0.270 e. The summed E-state index contributed by atoms with van der Waals surface area (Å²) in [6, 6.07) is 5.76. The number of hydrogen-bond acceptors (Lipinski definition) is 3. The first-order valence-electron chi connectivity index (χ1n) is 6.72. The van der Waals surface area contributed by atoms with Gasteiger partial charge < -0.3 is 10.6 Å². The SMILES string of the molecule is CCCNc1cccc(C(=O)NC(C)C2CC2)n1. The van der Waals surface area contributed by atoms with Gasteiger partial charge in [-0.2, -0.15) is 0 Å². The Morgan fingerprint density at radius 2 is 2.28 bits per heavy atom. The number of pyridine rings is 1. The molecule has 1 aliphatic carbocycles. The molecule has 1 heterocycles. The fraction of sp³-hybridized carbons (Fsp3) is 0.571. The lowest BCUT2D eigenvalue weighted by molar-refractivity contribution is 0.0931. The standard InChI is InChI=1S/C14H21N3O/c1-3-9-15-13-6-4-5-12(17-13)14(18)16-10(2)11-7-8-11/h4-6,10-11H,3,7-9H2,1-2H3,(H,15,17)(H,16,18). The summed E-state index contributed by atoms with van der Waals surface area (Å²) in [7, 11) is 0. The van der Waals surface area contributed by atoms with Crippen LogP contribution >= 0.6 is 0 Å². The van der Waals surface area contributed by atoms with Gasteiger partial charge in [0.05, 0.1) is 0 Å². The fourth-order valence-corrected chi connectivity index (χ4v) is 1.91. The maximum absolute atomic E-state index is 12.0. The summed E-state index contributed by atoms with van der Waals surface area (Å²) in [4.78, 5) is 16.3. The number of nitrogens with one attached hydrogen (secondary N) is 2. The lowest BCUT2D eigenvalue weighted by Gasteiger charge is -2.12. The molecule has 4 heteroatoms. The van der Waals surface area contributed by atoms with Crippen molar-refractivity contribution in [1.82, 2.24) is 10.3 Å². The van der Waals surface area contributed by atoms with E-state index in [0.29, 0.717) is 11.6 Å². The molecular formula is C14H21N3O. The van der Waals surface area contributed by atoms with Crippen molar-refractivity contribution in [2.24, 2.45) is 5.92 Å². The van der Waals surface area contributed by atoms with Crippen molar-refractivity contribution in [3.05, 3.63) is 23.9 Å². The van der Waals surface area contributed by atoms with E-state index in [1.54, 1.807) is 6.07 Å². The molecule has 18 heavy (non-hydrogen) atoms. The van der Waals surface area contributed by atoms with Crippen molar-refractivity contribution in [3.63, 3.8) is 0 Å². The highest BCUT2D eigenvalue weighted by atomic mass is 16.1. The molecular weight excluding hydrogens is 226 g/mol. The summed E-state index contributed by atoms with van der Waals surface area (Å²) in [5.74, 6) is 1.36. The van der Waals surface area contributed by atoms with Gasteiger partial charge in [-0.25, -0.2) is 4.98 Å². The largest absolute Gasteiger partial charge is 0.370 e. The Labute approximate surface area is 108 Å². The predicted octanol–water partition coefficient (Wildman–Crippen LogP) is 2.43. The maximum Gasteiger partial charge on any atom is 0.270 e. The van der Waals surface area contributed by atoms with Crippen molar-refractivity contribution in [2.45, 2.75) is 39.2 Å². The monoisotopic (exact) mass is 247 g/mol. The van der Waals surface area contributed by atoms with Crippen molar-refractivity contribution < 1.29 is 4.79 Å². The van der Waals surface area contributed by atoms with Crippen LogP contribution in [-0.2, 0) is 0 Å². The highest BCUT2D eigenvalue weighted by Gasteiger charge is 2.29. The van der Waals surface area contributed by atoms with Gasteiger partial charge in [0.1, 0.15) is 11.5 Å². The highest BCUT2D eigenvalue weighted by molar-refractivity contribution is 5.92. The van der Waals surface area contributed by atoms with Gasteiger partial charge in [-0.1, -0.05) is 13.0 Å². The molecule has 1 fully saturated rings. The van der Waals surface area contributed by atoms with E-state index in [4.69, 9.17) is 0 Å². The second-order valence-electron chi connectivity index (χ2n) is 4.93. The van der Waals surface area contributed by atoms with E-state index in [-0.39, 0.29) is 11.9 Å². The Bertz CT molecular complexity index is 415. The Balaban J connectivity index is 1.95. The third-order valence-electron chi connectivity index (χ3n) is 3.23. The molecule has 2 N–H and O–H groups in total. The van der Waals surface area contributed by atoms with Gasteiger partial charge in [-0.3, -0.25) is 4.79 Å². The van der Waals surface area contributed by atoms with Gasteiger partial charge in [-0.05, 0) is 44.2 Å². The van der Waals surface area contributed by atoms with E-state index in [2.05, 4.69) is 29.5 Å².